The predicted octanol–water partition coefficient (Wildman–Crippen LogP) is 2.02. The molecule has 0 spiro atoms. The van der Waals surface area contributed by atoms with Crippen molar-refractivity contribution >= 4 is 5.97 Å². The maximum absolute atomic E-state index is 10.0. The van der Waals surface area contributed by atoms with Gasteiger partial charge in [-0.1, -0.05) is 0 Å². The number of carboxylic acid groups (broad SMARTS) is 1. The third-order valence-corrected chi connectivity index (χ3v) is 0.642. The van der Waals surface area contributed by atoms with E-state index >= 15 is 0 Å². The zero-order valence-electron chi connectivity index (χ0n) is 7.16. The number of rotatable bonds is 0. The Morgan fingerprint density at radius 1 is 1.20 bits per heavy atom. The molecule has 3 heteroatoms. The van der Waals surface area contributed by atoms with Gasteiger partial charge in [0, 0.05) is 22.4 Å². The summed E-state index contributed by atoms with van der Waals surface area (Å²) in [6.07, 6.45) is 0. The van der Waals surface area contributed by atoms with Crippen LogP contribution in [0.25, 0.3) is 0 Å². The van der Waals surface area contributed by atoms with Crippen molar-refractivity contribution in [3.8, 4) is 0 Å². The molecule has 0 aliphatic carbocycles. The standard InChI is InChI=1S/C5H10O2.2CH3.Au/c1-5(2,3)4(6)7;;;/h1-3H3,(H,6,7);2*1H3;/q;2*-1;. The smallest absolute Gasteiger partial charge is 0.308 e. The Hall–Kier alpha value is 0.210. The first-order valence-electron chi connectivity index (χ1n) is 2.18. The monoisotopic (exact) mass is 329 g/mol. The number of hydrogen-bond acceptors (Lipinski definition) is 1. The molecule has 1 N–H and O–H groups in total. The van der Waals surface area contributed by atoms with Crippen LogP contribution in [0.1, 0.15) is 20.8 Å². The first-order chi connectivity index (χ1) is 2.94. The summed E-state index contributed by atoms with van der Waals surface area (Å²) >= 11 is 0. The van der Waals surface area contributed by atoms with Crippen LogP contribution in [0.15, 0.2) is 0 Å². The third-order valence-electron chi connectivity index (χ3n) is 0.642. The first kappa shape index (κ1) is 22.5. The van der Waals surface area contributed by atoms with Crippen LogP contribution in [0, 0.1) is 20.3 Å². The van der Waals surface area contributed by atoms with Gasteiger partial charge < -0.3 is 20.0 Å². The minimum Gasteiger partial charge on any atom is -0.481 e. The van der Waals surface area contributed by atoms with Crippen molar-refractivity contribution in [1.29, 1.82) is 0 Å². The Morgan fingerprint density at radius 3 is 1.30 bits per heavy atom. The zero-order valence-corrected chi connectivity index (χ0v) is 9.32. The molecule has 1 radical (unpaired) electrons. The largest absolute Gasteiger partial charge is 0.481 e. The summed E-state index contributed by atoms with van der Waals surface area (Å²) < 4.78 is 0. The molecule has 0 aromatic heterocycles. The molecule has 0 rings (SSSR count). The van der Waals surface area contributed by atoms with Crippen molar-refractivity contribution in [2.24, 2.45) is 5.41 Å². The van der Waals surface area contributed by atoms with Crippen LogP contribution >= 0.6 is 0 Å². The van der Waals surface area contributed by atoms with E-state index in [4.69, 9.17) is 5.11 Å². The van der Waals surface area contributed by atoms with E-state index < -0.39 is 11.4 Å². The van der Waals surface area contributed by atoms with E-state index in [0.29, 0.717) is 0 Å². The Balaban J connectivity index is -0.0000000600. The molecule has 0 aliphatic rings. The normalized spacial score (nSPS) is 7.90. The quantitative estimate of drug-likeness (QED) is 0.545. The minimum absolute atomic E-state index is 0. The molecule has 0 bridgehead atoms. The second kappa shape index (κ2) is 7.32. The van der Waals surface area contributed by atoms with Crippen LogP contribution in [0.2, 0.25) is 0 Å². The van der Waals surface area contributed by atoms with E-state index in [1.807, 2.05) is 0 Å². The molecular weight excluding hydrogens is 313 g/mol. The summed E-state index contributed by atoms with van der Waals surface area (Å²) in [6.45, 7) is 4.99. The van der Waals surface area contributed by atoms with Gasteiger partial charge in [-0.3, -0.25) is 4.79 Å². The molecule has 0 aromatic rings. The van der Waals surface area contributed by atoms with Crippen LogP contribution in [-0.4, -0.2) is 11.1 Å². The van der Waals surface area contributed by atoms with Crippen molar-refractivity contribution in [3.63, 3.8) is 0 Å². The van der Waals surface area contributed by atoms with Gasteiger partial charge in [0.2, 0.25) is 0 Å². The molecule has 0 fully saturated rings. The van der Waals surface area contributed by atoms with Crippen molar-refractivity contribution < 1.29 is 32.3 Å². The molecular formula is C7H16AuO2-2. The molecule has 0 aliphatic heterocycles. The van der Waals surface area contributed by atoms with Gasteiger partial charge in [-0.25, -0.2) is 0 Å². The van der Waals surface area contributed by atoms with Crippen molar-refractivity contribution in [2.45, 2.75) is 20.8 Å². The van der Waals surface area contributed by atoms with Crippen molar-refractivity contribution in [3.05, 3.63) is 14.9 Å². The molecule has 0 heterocycles. The fraction of sp³-hybridized carbons (Fsp3) is 0.571. The Bertz CT molecular complexity index is 84.1. The summed E-state index contributed by atoms with van der Waals surface area (Å²) in [5, 5.41) is 8.25. The molecule has 2 nitrogen and oxygen atoms in total. The van der Waals surface area contributed by atoms with Gasteiger partial charge in [0.25, 0.3) is 0 Å². The number of carbonyl (C=O) groups is 1. The summed E-state index contributed by atoms with van der Waals surface area (Å²) in [7, 11) is 0. The molecule has 10 heavy (non-hydrogen) atoms. The van der Waals surface area contributed by atoms with Crippen LogP contribution in [0.5, 0.6) is 0 Å². The number of hydrogen-bond donors (Lipinski definition) is 1. The molecule has 0 amide bonds. The number of aliphatic carboxylic acids is 1. The van der Waals surface area contributed by atoms with Gasteiger partial charge >= 0.3 is 5.97 Å². The molecule has 0 atom stereocenters. The second-order valence-electron chi connectivity index (χ2n) is 2.56. The van der Waals surface area contributed by atoms with Gasteiger partial charge in [-0.05, 0) is 20.8 Å². The number of carboxylic acids is 1. The molecule has 0 saturated heterocycles. The van der Waals surface area contributed by atoms with E-state index in [2.05, 4.69) is 0 Å². The Kier molecular flexibility index (Phi) is 16.4. The van der Waals surface area contributed by atoms with E-state index in [0.717, 1.165) is 0 Å². The van der Waals surface area contributed by atoms with Crippen LogP contribution in [0.4, 0.5) is 0 Å². The van der Waals surface area contributed by atoms with Crippen LogP contribution < -0.4 is 0 Å². The predicted molar refractivity (Wildman–Crippen MR) is 39.9 cm³/mol. The van der Waals surface area contributed by atoms with Gasteiger partial charge in [-0.2, -0.15) is 0 Å². The van der Waals surface area contributed by atoms with Gasteiger partial charge in [0.1, 0.15) is 0 Å². The topological polar surface area (TPSA) is 37.3 Å². The van der Waals surface area contributed by atoms with Gasteiger partial charge in [0.05, 0.1) is 5.41 Å². The fourth-order valence-corrected chi connectivity index (χ4v) is 0. The maximum Gasteiger partial charge on any atom is 0.308 e. The first-order valence-corrected chi connectivity index (χ1v) is 2.18. The molecule has 0 aromatic carbocycles. The van der Waals surface area contributed by atoms with Crippen LogP contribution in [0.3, 0.4) is 0 Å². The van der Waals surface area contributed by atoms with E-state index in [-0.39, 0.29) is 37.2 Å². The summed E-state index contributed by atoms with van der Waals surface area (Å²) in [5.41, 5.74) is -0.583. The average Bonchev–Trinajstić information content (AvgIpc) is 1.31. The second-order valence-corrected chi connectivity index (χ2v) is 2.56. The summed E-state index contributed by atoms with van der Waals surface area (Å²) in [6, 6.07) is 0. The average molecular weight is 329 g/mol. The SMILES string of the molecule is CC(C)(C)C(=O)O.[Au].[CH3-].[CH3-]. The van der Waals surface area contributed by atoms with Gasteiger partial charge in [0.15, 0.2) is 0 Å². The van der Waals surface area contributed by atoms with Crippen LogP contribution in [-0.2, 0) is 27.2 Å². The molecule has 0 saturated carbocycles. The van der Waals surface area contributed by atoms with Gasteiger partial charge in [-0.15, -0.1) is 0 Å². The third kappa shape index (κ3) is 11.1. The molecule has 69 valence electrons. The minimum atomic E-state index is -0.757. The molecule has 0 unspecified atom stereocenters. The maximum atomic E-state index is 10.0. The summed E-state index contributed by atoms with van der Waals surface area (Å²) in [5.74, 6) is -0.757. The Morgan fingerprint density at radius 2 is 1.30 bits per heavy atom. The Labute approximate surface area is 79.5 Å². The van der Waals surface area contributed by atoms with Crippen molar-refractivity contribution in [1.82, 2.24) is 0 Å². The van der Waals surface area contributed by atoms with Crippen molar-refractivity contribution in [2.75, 3.05) is 0 Å². The van der Waals surface area contributed by atoms with E-state index in [9.17, 15) is 4.79 Å². The van der Waals surface area contributed by atoms with E-state index in [1.54, 1.807) is 20.8 Å². The summed E-state index contributed by atoms with van der Waals surface area (Å²) in [4.78, 5) is 10.0. The van der Waals surface area contributed by atoms with E-state index in [1.165, 1.54) is 0 Å². The zero-order chi connectivity index (χ0) is 6.08. The fourth-order valence-electron chi connectivity index (χ4n) is 0.